The van der Waals surface area contributed by atoms with E-state index in [1.165, 1.54) is 0 Å². The molecule has 0 unspecified atom stereocenters. The molecule has 7 heteroatoms. The fraction of sp³-hybridized carbons (Fsp3) is 0.467. The maximum absolute atomic E-state index is 12.1. The van der Waals surface area contributed by atoms with Crippen molar-refractivity contribution in [3.05, 3.63) is 28.7 Å². The van der Waals surface area contributed by atoms with Gasteiger partial charge >= 0.3 is 6.03 Å². The smallest absolute Gasteiger partial charge is 0.319 e. The van der Waals surface area contributed by atoms with Gasteiger partial charge in [0.25, 0.3) is 0 Å². The van der Waals surface area contributed by atoms with E-state index in [0.717, 1.165) is 37.2 Å². The monoisotopic (exact) mass is 368 g/mol. The van der Waals surface area contributed by atoms with Crippen molar-refractivity contribution in [1.29, 1.82) is 0 Å². The van der Waals surface area contributed by atoms with Crippen molar-refractivity contribution >= 4 is 33.6 Å². The second kappa shape index (κ2) is 8.14. The van der Waals surface area contributed by atoms with E-state index in [2.05, 4.69) is 38.4 Å². The average molecular weight is 369 g/mol. The molecule has 0 aromatic heterocycles. The van der Waals surface area contributed by atoms with Crippen LogP contribution < -0.4 is 10.6 Å². The molecule has 2 N–H and O–H groups in total. The van der Waals surface area contributed by atoms with Crippen LogP contribution in [0, 0.1) is 0 Å². The Bertz CT molecular complexity index is 513. The van der Waals surface area contributed by atoms with E-state index >= 15 is 0 Å². The number of benzene rings is 1. The molecule has 0 bridgehead atoms. The molecule has 1 aromatic carbocycles. The lowest BCUT2D eigenvalue weighted by molar-refractivity contribution is -0.131. The van der Waals surface area contributed by atoms with E-state index in [1.807, 2.05) is 12.1 Å². The number of piperazine rings is 1. The minimum atomic E-state index is -0.372. The summed E-state index contributed by atoms with van der Waals surface area (Å²) < 4.78 is 0.944. The van der Waals surface area contributed by atoms with Crippen molar-refractivity contribution < 1.29 is 9.59 Å². The second-order valence-corrected chi connectivity index (χ2v) is 6.05. The Kier molecular flexibility index (Phi) is 6.21. The molecule has 3 amide bonds. The van der Waals surface area contributed by atoms with E-state index < -0.39 is 0 Å². The van der Waals surface area contributed by atoms with E-state index in [4.69, 9.17) is 0 Å². The summed E-state index contributed by atoms with van der Waals surface area (Å²) in [6.45, 7) is 6.39. The summed E-state index contributed by atoms with van der Waals surface area (Å²) in [5, 5.41) is 5.30. The molecular formula is C15H21BrN4O2. The van der Waals surface area contributed by atoms with Gasteiger partial charge in [-0.3, -0.25) is 4.79 Å². The molecule has 1 aromatic rings. The van der Waals surface area contributed by atoms with Crippen molar-refractivity contribution in [2.24, 2.45) is 0 Å². The second-order valence-electron chi connectivity index (χ2n) is 5.13. The van der Waals surface area contributed by atoms with Gasteiger partial charge in [0.2, 0.25) is 5.91 Å². The SMILES string of the molecule is CCN1CCN(C(=O)CNC(=O)Nc2ccc(Br)cc2)CC1. The number of anilines is 1. The molecular weight excluding hydrogens is 348 g/mol. The molecule has 1 fully saturated rings. The minimum Gasteiger partial charge on any atom is -0.339 e. The molecule has 1 aliphatic heterocycles. The van der Waals surface area contributed by atoms with Gasteiger partial charge in [0, 0.05) is 36.3 Å². The zero-order valence-electron chi connectivity index (χ0n) is 12.6. The number of hydrogen-bond acceptors (Lipinski definition) is 3. The van der Waals surface area contributed by atoms with E-state index in [1.54, 1.807) is 17.0 Å². The maximum Gasteiger partial charge on any atom is 0.319 e. The number of urea groups is 1. The van der Waals surface area contributed by atoms with Crippen LogP contribution in [-0.4, -0.2) is 61.0 Å². The number of halogens is 1. The van der Waals surface area contributed by atoms with E-state index in [-0.39, 0.29) is 18.5 Å². The van der Waals surface area contributed by atoms with Gasteiger partial charge in [0.1, 0.15) is 0 Å². The number of nitrogens with one attached hydrogen (secondary N) is 2. The van der Waals surface area contributed by atoms with Crippen molar-refractivity contribution in [3.63, 3.8) is 0 Å². The Hall–Kier alpha value is -1.60. The first-order valence-electron chi connectivity index (χ1n) is 7.39. The van der Waals surface area contributed by atoms with E-state index in [9.17, 15) is 9.59 Å². The number of carbonyl (C=O) groups excluding carboxylic acids is 2. The first-order chi connectivity index (χ1) is 10.6. The van der Waals surface area contributed by atoms with Gasteiger partial charge in [0.15, 0.2) is 0 Å². The molecule has 22 heavy (non-hydrogen) atoms. The number of amides is 3. The maximum atomic E-state index is 12.1. The summed E-state index contributed by atoms with van der Waals surface area (Å²) in [5.74, 6) is -0.0401. The van der Waals surface area contributed by atoms with E-state index in [0.29, 0.717) is 5.69 Å². The van der Waals surface area contributed by atoms with Crippen LogP contribution in [0.5, 0.6) is 0 Å². The summed E-state index contributed by atoms with van der Waals surface area (Å²) in [7, 11) is 0. The molecule has 1 heterocycles. The molecule has 1 aliphatic rings. The highest BCUT2D eigenvalue weighted by Crippen LogP contribution is 2.13. The van der Waals surface area contributed by atoms with Gasteiger partial charge in [-0.05, 0) is 30.8 Å². The van der Waals surface area contributed by atoms with Gasteiger partial charge in [-0.15, -0.1) is 0 Å². The predicted molar refractivity (Wildman–Crippen MR) is 89.9 cm³/mol. The van der Waals surface area contributed by atoms with Crippen LogP contribution in [0.3, 0.4) is 0 Å². The molecule has 0 saturated carbocycles. The van der Waals surface area contributed by atoms with Crippen molar-refractivity contribution in [1.82, 2.24) is 15.1 Å². The lowest BCUT2D eigenvalue weighted by Gasteiger charge is -2.34. The van der Waals surface area contributed by atoms with Gasteiger partial charge in [-0.2, -0.15) is 0 Å². The van der Waals surface area contributed by atoms with Crippen LogP contribution in [-0.2, 0) is 4.79 Å². The summed E-state index contributed by atoms with van der Waals surface area (Å²) in [6, 6.07) is 6.88. The Morgan fingerprint density at radius 1 is 1.14 bits per heavy atom. The van der Waals surface area contributed by atoms with Crippen LogP contribution in [0.25, 0.3) is 0 Å². The van der Waals surface area contributed by atoms with Crippen LogP contribution in [0.4, 0.5) is 10.5 Å². The standard InChI is InChI=1S/C15H21BrN4O2/c1-2-19-7-9-20(10-8-19)14(21)11-17-15(22)18-13-5-3-12(16)4-6-13/h3-6H,2,7-11H2,1H3,(H2,17,18,22). The van der Waals surface area contributed by atoms with Crippen LogP contribution in [0.15, 0.2) is 28.7 Å². The summed E-state index contributed by atoms with van der Waals surface area (Å²) >= 11 is 3.33. The minimum absolute atomic E-state index is 0.0223. The Morgan fingerprint density at radius 2 is 1.77 bits per heavy atom. The zero-order chi connectivity index (χ0) is 15.9. The average Bonchev–Trinajstić information content (AvgIpc) is 2.55. The van der Waals surface area contributed by atoms with Gasteiger partial charge in [-0.25, -0.2) is 4.79 Å². The zero-order valence-corrected chi connectivity index (χ0v) is 14.2. The highest BCUT2D eigenvalue weighted by molar-refractivity contribution is 9.10. The Morgan fingerprint density at radius 3 is 2.36 bits per heavy atom. The van der Waals surface area contributed by atoms with Gasteiger partial charge in [-0.1, -0.05) is 22.9 Å². The molecule has 1 saturated heterocycles. The number of carbonyl (C=O) groups is 2. The normalized spacial score (nSPS) is 15.5. The fourth-order valence-corrected chi connectivity index (χ4v) is 2.55. The first-order valence-corrected chi connectivity index (χ1v) is 8.18. The third-order valence-electron chi connectivity index (χ3n) is 3.67. The quantitative estimate of drug-likeness (QED) is 0.850. The fourth-order valence-electron chi connectivity index (χ4n) is 2.29. The lowest BCUT2D eigenvalue weighted by Crippen LogP contribution is -2.51. The van der Waals surface area contributed by atoms with Gasteiger partial charge in [0.05, 0.1) is 6.54 Å². The molecule has 2 rings (SSSR count). The third-order valence-corrected chi connectivity index (χ3v) is 4.20. The Labute approximate surface area is 139 Å². The predicted octanol–water partition coefficient (Wildman–Crippen LogP) is 1.73. The van der Waals surface area contributed by atoms with Gasteiger partial charge < -0.3 is 20.4 Å². The molecule has 0 aliphatic carbocycles. The van der Waals surface area contributed by atoms with Crippen LogP contribution in [0.2, 0.25) is 0 Å². The number of likely N-dealkylation sites (N-methyl/N-ethyl adjacent to an activating group) is 1. The first kappa shape index (κ1) is 16.8. The highest BCUT2D eigenvalue weighted by atomic mass is 79.9. The topological polar surface area (TPSA) is 64.7 Å². The van der Waals surface area contributed by atoms with Crippen molar-refractivity contribution in [3.8, 4) is 0 Å². The largest absolute Gasteiger partial charge is 0.339 e. The summed E-state index contributed by atoms with van der Waals surface area (Å²) in [4.78, 5) is 27.9. The number of hydrogen-bond donors (Lipinski definition) is 2. The van der Waals surface area contributed by atoms with Crippen LogP contribution in [0.1, 0.15) is 6.92 Å². The van der Waals surface area contributed by atoms with Crippen LogP contribution >= 0.6 is 15.9 Å². The molecule has 6 nitrogen and oxygen atoms in total. The lowest BCUT2D eigenvalue weighted by atomic mass is 10.3. The molecule has 0 atom stereocenters. The summed E-state index contributed by atoms with van der Waals surface area (Å²) in [5.41, 5.74) is 0.685. The Balaban J connectivity index is 1.72. The number of rotatable bonds is 4. The number of nitrogens with zero attached hydrogens (tertiary/aromatic N) is 2. The molecule has 0 spiro atoms. The highest BCUT2D eigenvalue weighted by Gasteiger charge is 2.20. The molecule has 120 valence electrons. The molecule has 0 radical (unpaired) electrons. The third kappa shape index (κ3) is 4.99. The summed E-state index contributed by atoms with van der Waals surface area (Å²) in [6.07, 6.45) is 0. The van der Waals surface area contributed by atoms with Crippen molar-refractivity contribution in [2.45, 2.75) is 6.92 Å². The van der Waals surface area contributed by atoms with Crippen molar-refractivity contribution in [2.75, 3.05) is 44.6 Å².